The fourth-order valence-corrected chi connectivity index (χ4v) is 3.98. The second-order valence-electron chi connectivity index (χ2n) is 6.28. The Morgan fingerprint density at radius 1 is 1.07 bits per heavy atom. The van der Waals surface area contributed by atoms with Gasteiger partial charge in [-0.2, -0.15) is 5.10 Å². The van der Waals surface area contributed by atoms with Gasteiger partial charge in [-0.15, -0.1) is 5.10 Å². The standard InChI is InChI=1S/C22H19N3O2S/c1-27-20-12-5-3-8-17(20)13-23-24-22-25(21(26)15-28-22)14-18-10-6-9-16-7-2-4-11-19(16)18/h2-13H,14-15H2,1H3/b23-13+,24-22+. The summed E-state index contributed by atoms with van der Waals surface area (Å²) < 4.78 is 5.32. The number of nitrogens with zero attached hydrogens (tertiary/aromatic N) is 3. The molecule has 0 saturated carbocycles. The maximum absolute atomic E-state index is 12.4. The Bertz CT molecular complexity index is 1070. The number of rotatable bonds is 5. The van der Waals surface area contributed by atoms with E-state index in [0.29, 0.717) is 17.5 Å². The highest BCUT2D eigenvalue weighted by Gasteiger charge is 2.28. The Balaban J connectivity index is 1.58. The van der Waals surface area contributed by atoms with E-state index in [-0.39, 0.29) is 5.91 Å². The van der Waals surface area contributed by atoms with Crippen molar-refractivity contribution >= 4 is 39.8 Å². The van der Waals surface area contributed by atoms with Gasteiger partial charge in [-0.05, 0) is 28.5 Å². The smallest absolute Gasteiger partial charge is 0.239 e. The van der Waals surface area contributed by atoms with E-state index >= 15 is 0 Å². The van der Waals surface area contributed by atoms with Gasteiger partial charge in [-0.25, -0.2) is 0 Å². The lowest BCUT2D eigenvalue weighted by Gasteiger charge is -2.16. The summed E-state index contributed by atoms with van der Waals surface area (Å²) in [5.41, 5.74) is 1.93. The molecule has 1 aliphatic rings. The molecule has 1 aliphatic heterocycles. The van der Waals surface area contributed by atoms with Gasteiger partial charge in [0, 0.05) is 5.56 Å². The summed E-state index contributed by atoms with van der Waals surface area (Å²) in [6, 6.07) is 21.9. The van der Waals surface area contributed by atoms with Gasteiger partial charge in [-0.1, -0.05) is 66.4 Å². The Hall–Kier alpha value is -3.12. The lowest BCUT2D eigenvalue weighted by Crippen LogP contribution is -2.28. The normalized spacial score (nSPS) is 15.8. The molecule has 1 amide bonds. The van der Waals surface area contributed by atoms with Crippen LogP contribution in [0, 0.1) is 0 Å². The number of ether oxygens (including phenoxy) is 1. The second kappa shape index (κ2) is 8.27. The molecule has 0 spiro atoms. The first-order chi connectivity index (χ1) is 13.8. The summed E-state index contributed by atoms with van der Waals surface area (Å²) in [4.78, 5) is 14.1. The largest absolute Gasteiger partial charge is 0.496 e. The van der Waals surface area contributed by atoms with Crippen LogP contribution in [0.4, 0.5) is 0 Å². The number of carbonyl (C=O) groups is 1. The summed E-state index contributed by atoms with van der Waals surface area (Å²) in [5, 5.41) is 11.4. The molecule has 0 atom stereocenters. The van der Waals surface area contributed by atoms with Crippen molar-refractivity contribution in [2.45, 2.75) is 6.54 Å². The maximum atomic E-state index is 12.4. The molecule has 0 N–H and O–H groups in total. The van der Waals surface area contributed by atoms with Crippen molar-refractivity contribution in [2.24, 2.45) is 10.2 Å². The predicted molar refractivity (Wildman–Crippen MR) is 115 cm³/mol. The van der Waals surface area contributed by atoms with Gasteiger partial charge in [0.25, 0.3) is 0 Å². The molecule has 0 aromatic heterocycles. The molecule has 28 heavy (non-hydrogen) atoms. The fraction of sp³-hybridized carbons (Fsp3) is 0.136. The molecular weight excluding hydrogens is 370 g/mol. The number of amidine groups is 1. The summed E-state index contributed by atoms with van der Waals surface area (Å²) in [5.74, 6) is 1.16. The molecular formula is C22H19N3O2S. The number of hydrogen-bond donors (Lipinski definition) is 0. The third-order valence-electron chi connectivity index (χ3n) is 4.54. The average molecular weight is 389 g/mol. The van der Waals surface area contributed by atoms with E-state index in [1.54, 1.807) is 18.2 Å². The first-order valence-electron chi connectivity index (χ1n) is 8.90. The first kappa shape index (κ1) is 18.3. The van der Waals surface area contributed by atoms with E-state index in [1.165, 1.54) is 11.8 Å². The van der Waals surface area contributed by atoms with Crippen molar-refractivity contribution in [1.29, 1.82) is 0 Å². The van der Waals surface area contributed by atoms with Crippen LogP contribution in [0.15, 0.2) is 76.9 Å². The zero-order valence-electron chi connectivity index (χ0n) is 15.4. The van der Waals surface area contributed by atoms with E-state index < -0.39 is 0 Å². The number of thioether (sulfide) groups is 1. The predicted octanol–water partition coefficient (Wildman–Crippen LogP) is 4.31. The minimum atomic E-state index is 0.0455. The van der Waals surface area contributed by atoms with Crippen molar-refractivity contribution in [3.05, 3.63) is 77.9 Å². The van der Waals surface area contributed by atoms with Gasteiger partial charge in [0.05, 0.1) is 25.6 Å². The van der Waals surface area contributed by atoms with Crippen LogP contribution >= 0.6 is 11.8 Å². The van der Waals surface area contributed by atoms with Crippen LogP contribution in [-0.4, -0.2) is 35.1 Å². The lowest BCUT2D eigenvalue weighted by atomic mass is 10.0. The highest BCUT2D eigenvalue weighted by molar-refractivity contribution is 8.15. The number of methoxy groups -OCH3 is 1. The monoisotopic (exact) mass is 389 g/mol. The third-order valence-corrected chi connectivity index (χ3v) is 5.50. The molecule has 0 radical (unpaired) electrons. The number of fused-ring (bicyclic) bond motifs is 1. The van der Waals surface area contributed by atoms with Crippen LogP contribution in [0.1, 0.15) is 11.1 Å². The molecule has 1 heterocycles. The van der Waals surface area contributed by atoms with Crippen molar-refractivity contribution in [3.63, 3.8) is 0 Å². The van der Waals surface area contributed by atoms with Gasteiger partial charge < -0.3 is 4.74 Å². The Morgan fingerprint density at radius 3 is 2.75 bits per heavy atom. The van der Waals surface area contributed by atoms with Crippen molar-refractivity contribution in [1.82, 2.24) is 4.90 Å². The number of hydrogen-bond acceptors (Lipinski definition) is 5. The van der Waals surface area contributed by atoms with Crippen molar-refractivity contribution in [3.8, 4) is 5.75 Å². The van der Waals surface area contributed by atoms with Crippen LogP contribution in [0.25, 0.3) is 10.8 Å². The maximum Gasteiger partial charge on any atom is 0.239 e. The minimum absolute atomic E-state index is 0.0455. The van der Waals surface area contributed by atoms with Gasteiger partial charge in [-0.3, -0.25) is 9.69 Å². The van der Waals surface area contributed by atoms with Crippen molar-refractivity contribution in [2.75, 3.05) is 12.9 Å². The number of para-hydroxylation sites is 1. The van der Waals surface area contributed by atoms with Gasteiger partial charge in [0.2, 0.25) is 5.91 Å². The van der Waals surface area contributed by atoms with Gasteiger partial charge in [0.15, 0.2) is 5.17 Å². The third kappa shape index (κ3) is 3.77. The average Bonchev–Trinajstić information content (AvgIpc) is 3.08. The number of carbonyl (C=O) groups excluding carboxylic acids is 1. The molecule has 0 unspecified atom stereocenters. The molecule has 6 heteroatoms. The lowest BCUT2D eigenvalue weighted by molar-refractivity contribution is -0.124. The van der Waals surface area contributed by atoms with Crippen LogP contribution in [0.2, 0.25) is 0 Å². The quantitative estimate of drug-likeness (QED) is 0.483. The van der Waals surface area contributed by atoms with Crippen LogP contribution < -0.4 is 4.74 Å². The zero-order chi connectivity index (χ0) is 19.3. The summed E-state index contributed by atoms with van der Waals surface area (Å²) in [7, 11) is 1.62. The molecule has 1 fully saturated rings. The van der Waals surface area contributed by atoms with Crippen LogP contribution in [0.5, 0.6) is 5.75 Å². The first-order valence-corrected chi connectivity index (χ1v) is 9.88. The SMILES string of the molecule is COc1ccccc1/C=N/N=C1/SCC(=O)N1Cc1cccc2ccccc12. The van der Waals surface area contributed by atoms with E-state index in [9.17, 15) is 4.79 Å². The fourth-order valence-electron chi connectivity index (χ4n) is 3.14. The number of amides is 1. The van der Waals surface area contributed by atoms with Gasteiger partial charge >= 0.3 is 0 Å². The molecule has 0 aliphatic carbocycles. The Morgan fingerprint density at radius 2 is 1.86 bits per heavy atom. The van der Waals surface area contributed by atoms with Crippen molar-refractivity contribution < 1.29 is 9.53 Å². The summed E-state index contributed by atoms with van der Waals surface area (Å²) in [6.07, 6.45) is 1.64. The van der Waals surface area contributed by atoms with Crippen LogP contribution in [0.3, 0.4) is 0 Å². The highest BCUT2D eigenvalue weighted by Crippen LogP contribution is 2.26. The van der Waals surface area contributed by atoms with E-state index in [4.69, 9.17) is 4.74 Å². The van der Waals surface area contributed by atoms with Gasteiger partial charge in [0.1, 0.15) is 5.75 Å². The molecule has 140 valence electrons. The zero-order valence-corrected chi connectivity index (χ0v) is 16.2. The van der Waals surface area contributed by atoms with E-state index in [1.807, 2.05) is 48.5 Å². The van der Waals surface area contributed by atoms with E-state index in [2.05, 4.69) is 28.4 Å². The molecule has 0 bridgehead atoms. The van der Waals surface area contributed by atoms with E-state index in [0.717, 1.165) is 27.6 Å². The Labute approximate surface area is 167 Å². The summed E-state index contributed by atoms with van der Waals surface area (Å²) in [6.45, 7) is 0.482. The molecule has 1 saturated heterocycles. The number of benzene rings is 3. The topological polar surface area (TPSA) is 54.3 Å². The molecule has 3 aromatic rings. The Kier molecular flexibility index (Phi) is 5.39. The minimum Gasteiger partial charge on any atom is -0.496 e. The molecule has 4 rings (SSSR count). The highest BCUT2D eigenvalue weighted by atomic mass is 32.2. The summed E-state index contributed by atoms with van der Waals surface area (Å²) >= 11 is 1.41. The molecule has 3 aromatic carbocycles. The van der Waals surface area contributed by atoms with Crippen LogP contribution in [-0.2, 0) is 11.3 Å². The molecule has 5 nitrogen and oxygen atoms in total. The second-order valence-corrected chi connectivity index (χ2v) is 7.22.